The van der Waals surface area contributed by atoms with E-state index >= 15 is 0 Å². The van der Waals surface area contributed by atoms with Gasteiger partial charge in [0.25, 0.3) is 0 Å². The summed E-state index contributed by atoms with van der Waals surface area (Å²) < 4.78 is 42.9. The molecule has 1 aliphatic rings. The highest BCUT2D eigenvalue weighted by molar-refractivity contribution is 7.89. The van der Waals surface area contributed by atoms with Crippen LogP contribution in [0.15, 0.2) is 41.3 Å². The number of esters is 1. The van der Waals surface area contributed by atoms with Crippen LogP contribution in [0.2, 0.25) is 5.02 Å². The maximum absolute atomic E-state index is 12.8. The van der Waals surface area contributed by atoms with Crippen molar-refractivity contribution in [3.63, 3.8) is 0 Å². The van der Waals surface area contributed by atoms with E-state index in [1.165, 1.54) is 36.7 Å². The van der Waals surface area contributed by atoms with Crippen LogP contribution >= 0.6 is 11.6 Å². The second-order valence-corrected chi connectivity index (χ2v) is 8.45. The lowest BCUT2D eigenvalue weighted by atomic mass is 10.2. The first-order valence-corrected chi connectivity index (χ1v) is 10.4. The van der Waals surface area contributed by atoms with Gasteiger partial charge in [0.2, 0.25) is 15.8 Å². The summed E-state index contributed by atoms with van der Waals surface area (Å²) in [6.07, 6.45) is 1.60. The molecule has 7 nitrogen and oxygen atoms in total. The number of methoxy groups -OCH3 is 2. The number of rotatable bonds is 6. The van der Waals surface area contributed by atoms with E-state index in [1.807, 2.05) is 0 Å². The van der Waals surface area contributed by atoms with Gasteiger partial charge >= 0.3 is 5.97 Å². The van der Waals surface area contributed by atoms with Gasteiger partial charge in [-0.1, -0.05) is 17.7 Å². The fourth-order valence-corrected chi connectivity index (χ4v) is 4.98. The van der Waals surface area contributed by atoms with Gasteiger partial charge in [0.05, 0.1) is 24.8 Å². The molecular formula is C19H20ClNO6S. The van der Waals surface area contributed by atoms with Crippen molar-refractivity contribution in [3.05, 3.63) is 47.0 Å². The number of nitrogens with zero attached hydrogens (tertiary/aromatic N) is 1. The Bertz CT molecular complexity index is 964. The topological polar surface area (TPSA) is 82.1 Å². The average Bonchev–Trinajstić information content (AvgIpc) is 3.24. The van der Waals surface area contributed by atoms with Crippen LogP contribution in [-0.4, -0.2) is 46.0 Å². The number of hydrogen-bond acceptors (Lipinski definition) is 6. The van der Waals surface area contributed by atoms with E-state index in [0.717, 1.165) is 12.8 Å². The minimum absolute atomic E-state index is 0.0510. The minimum Gasteiger partial charge on any atom is -0.493 e. The molecule has 1 aliphatic heterocycles. The Hall–Kier alpha value is -2.29. The molecule has 0 amide bonds. The van der Waals surface area contributed by atoms with Gasteiger partial charge in [-0.3, -0.25) is 0 Å². The van der Waals surface area contributed by atoms with Crippen molar-refractivity contribution < 1.29 is 27.4 Å². The third-order valence-corrected chi connectivity index (χ3v) is 6.81. The van der Waals surface area contributed by atoms with Gasteiger partial charge in [0, 0.05) is 13.1 Å². The number of benzene rings is 2. The van der Waals surface area contributed by atoms with Crippen LogP contribution in [-0.2, 0) is 10.0 Å². The van der Waals surface area contributed by atoms with Crippen LogP contribution in [0.3, 0.4) is 0 Å². The molecule has 0 aliphatic carbocycles. The van der Waals surface area contributed by atoms with Crippen LogP contribution in [0.4, 0.5) is 0 Å². The Morgan fingerprint density at radius 1 is 1.04 bits per heavy atom. The Labute approximate surface area is 168 Å². The maximum Gasteiger partial charge on any atom is 0.343 e. The molecular weight excluding hydrogens is 406 g/mol. The molecule has 0 aromatic heterocycles. The third kappa shape index (κ3) is 3.94. The fraction of sp³-hybridized carbons (Fsp3) is 0.316. The van der Waals surface area contributed by atoms with Crippen molar-refractivity contribution in [1.82, 2.24) is 4.31 Å². The first-order chi connectivity index (χ1) is 13.4. The first kappa shape index (κ1) is 20.4. The summed E-state index contributed by atoms with van der Waals surface area (Å²) in [6, 6.07) is 8.96. The zero-order valence-electron chi connectivity index (χ0n) is 15.5. The van der Waals surface area contributed by atoms with Crippen molar-refractivity contribution in [2.45, 2.75) is 17.7 Å². The summed E-state index contributed by atoms with van der Waals surface area (Å²) in [5, 5.41) is 0.0540. The van der Waals surface area contributed by atoms with E-state index in [2.05, 4.69) is 0 Å². The zero-order chi connectivity index (χ0) is 20.3. The number of halogens is 1. The van der Waals surface area contributed by atoms with E-state index in [4.69, 9.17) is 25.8 Å². The molecule has 0 spiro atoms. The predicted octanol–water partition coefficient (Wildman–Crippen LogP) is 3.36. The molecule has 0 N–H and O–H groups in total. The highest BCUT2D eigenvalue weighted by Crippen LogP contribution is 2.37. The molecule has 1 saturated heterocycles. The van der Waals surface area contributed by atoms with Gasteiger partial charge in [-0.15, -0.1) is 0 Å². The average molecular weight is 426 g/mol. The van der Waals surface area contributed by atoms with Gasteiger partial charge in [-0.2, -0.15) is 4.31 Å². The molecule has 0 atom stereocenters. The fourth-order valence-electron chi connectivity index (χ4n) is 2.96. The number of carbonyl (C=O) groups is 1. The predicted molar refractivity (Wildman–Crippen MR) is 104 cm³/mol. The monoisotopic (exact) mass is 425 g/mol. The lowest BCUT2D eigenvalue weighted by molar-refractivity contribution is 0.0724. The SMILES string of the molecule is COc1cccc(OC)c1OC(=O)c1ccc(Cl)c(S(=O)(=O)N2CCCC2)c1. The Balaban J connectivity index is 1.94. The van der Waals surface area contributed by atoms with Gasteiger partial charge in [0.1, 0.15) is 4.90 Å². The van der Waals surface area contributed by atoms with Crippen molar-refractivity contribution in [1.29, 1.82) is 0 Å². The second-order valence-electron chi connectivity index (χ2n) is 6.14. The van der Waals surface area contributed by atoms with E-state index in [-0.39, 0.29) is 21.2 Å². The minimum atomic E-state index is -3.78. The van der Waals surface area contributed by atoms with Gasteiger partial charge in [-0.25, -0.2) is 13.2 Å². The largest absolute Gasteiger partial charge is 0.493 e. The van der Waals surface area contributed by atoms with Crippen molar-refractivity contribution in [3.8, 4) is 17.2 Å². The molecule has 150 valence electrons. The van der Waals surface area contributed by atoms with E-state index < -0.39 is 16.0 Å². The van der Waals surface area contributed by atoms with Crippen molar-refractivity contribution in [2.75, 3.05) is 27.3 Å². The Kier molecular flexibility index (Phi) is 6.12. The van der Waals surface area contributed by atoms with Gasteiger partial charge in [-0.05, 0) is 43.2 Å². The first-order valence-electron chi connectivity index (χ1n) is 8.61. The number of carbonyl (C=O) groups excluding carboxylic acids is 1. The van der Waals surface area contributed by atoms with Crippen LogP contribution in [0.25, 0.3) is 0 Å². The van der Waals surface area contributed by atoms with Gasteiger partial charge < -0.3 is 14.2 Å². The third-order valence-electron chi connectivity index (χ3n) is 4.43. The number of sulfonamides is 1. The smallest absolute Gasteiger partial charge is 0.343 e. The van der Waals surface area contributed by atoms with Crippen molar-refractivity contribution in [2.24, 2.45) is 0 Å². The van der Waals surface area contributed by atoms with Crippen LogP contribution in [0.1, 0.15) is 23.2 Å². The molecule has 0 unspecified atom stereocenters. The highest BCUT2D eigenvalue weighted by Gasteiger charge is 2.30. The summed E-state index contributed by atoms with van der Waals surface area (Å²) in [5.74, 6) is -0.0214. The van der Waals surface area contributed by atoms with E-state index in [1.54, 1.807) is 18.2 Å². The molecule has 1 fully saturated rings. The zero-order valence-corrected chi connectivity index (χ0v) is 17.0. The Morgan fingerprint density at radius 2 is 1.64 bits per heavy atom. The summed E-state index contributed by atoms with van der Waals surface area (Å²) in [6.45, 7) is 0.873. The lowest BCUT2D eigenvalue weighted by Gasteiger charge is -2.17. The number of para-hydroxylation sites is 1. The normalized spacial score (nSPS) is 14.7. The molecule has 2 aromatic carbocycles. The summed E-state index contributed by atoms with van der Waals surface area (Å²) in [5.41, 5.74) is 0.0510. The summed E-state index contributed by atoms with van der Waals surface area (Å²) in [4.78, 5) is 12.6. The quantitative estimate of drug-likeness (QED) is 0.521. The molecule has 0 saturated carbocycles. The number of ether oxygens (including phenoxy) is 3. The molecule has 0 radical (unpaired) electrons. The molecule has 1 heterocycles. The molecule has 3 rings (SSSR count). The lowest BCUT2D eigenvalue weighted by Crippen LogP contribution is -2.28. The summed E-state index contributed by atoms with van der Waals surface area (Å²) in [7, 11) is -0.900. The molecule has 28 heavy (non-hydrogen) atoms. The maximum atomic E-state index is 12.8. The molecule has 0 bridgehead atoms. The molecule has 2 aromatic rings. The van der Waals surface area contributed by atoms with Gasteiger partial charge in [0.15, 0.2) is 11.5 Å². The molecule has 9 heteroatoms. The standard InChI is InChI=1S/C19H20ClNO6S/c1-25-15-6-5-7-16(26-2)18(15)27-19(22)13-8-9-14(20)17(12-13)28(23,24)21-10-3-4-11-21/h5-9,12H,3-4,10-11H2,1-2H3. The second kappa shape index (κ2) is 8.38. The van der Waals surface area contributed by atoms with Crippen LogP contribution < -0.4 is 14.2 Å². The van der Waals surface area contributed by atoms with Crippen LogP contribution in [0.5, 0.6) is 17.2 Å². The summed E-state index contributed by atoms with van der Waals surface area (Å²) >= 11 is 6.12. The van der Waals surface area contributed by atoms with Crippen molar-refractivity contribution >= 4 is 27.6 Å². The van der Waals surface area contributed by atoms with E-state index in [0.29, 0.717) is 24.6 Å². The van der Waals surface area contributed by atoms with Crippen LogP contribution in [0, 0.1) is 0 Å². The Morgan fingerprint density at radius 3 is 2.21 bits per heavy atom. The number of hydrogen-bond donors (Lipinski definition) is 0. The van der Waals surface area contributed by atoms with E-state index in [9.17, 15) is 13.2 Å². The highest BCUT2D eigenvalue weighted by atomic mass is 35.5.